The number of ether oxygens (including phenoxy) is 1. The number of likely N-dealkylation sites (tertiary alicyclic amines) is 1. The summed E-state index contributed by atoms with van der Waals surface area (Å²) < 4.78 is 5.70. The van der Waals surface area contributed by atoms with Crippen molar-refractivity contribution in [2.24, 2.45) is 0 Å². The van der Waals surface area contributed by atoms with Crippen molar-refractivity contribution in [2.75, 3.05) is 33.8 Å². The third-order valence-electron chi connectivity index (χ3n) is 6.44. The highest BCUT2D eigenvalue weighted by Crippen LogP contribution is 2.35. The van der Waals surface area contributed by atoms with Crippen molar-refractivity contribution in [3.8, 4) is 5.75 Å². The van der Waals surface area contributed by atoms with Gasteiger partial charge in [0, 0.05) is 25.5 Å². The summed E-state index contributed by atoms with van der Waals surface area (Å²) in [4.78, 5) is 36.9. The van der Waals surface area contributed by atoms with E-state index in [0.29, 0.717) is 17.9 Å². The Morgan fingerprint density at radius 2 is 1.70 bits per heavy atom. The predicted octanol–water partition coefficient (Wildman–Crippen LogP) is 3.18. The Morgan fingerprint density at radius 1 is 1.03 bits per heavy atom. The molecule has 0 bridgehead atoms. The van der Waals surface area contributed by atoms with Crippen LogP contribution in [0.5, 0.6) is 5.75 Å². The van der Waals surface area contributed by atoms with Crippen molar-refractivity contribution in [3.05, 3.63) is 65.6 Å². The van der Waals surface area contributed by atoms with E-state index in [1.165, 1.54) is 4.90 Å². The Balaban J connectivity index is 1.68. The molecule has 0 spiro atoms. The minimum atomic E-state index is -0.256. The van der Waals surface area contributed by atoms with Gasteiger partial charge < -0.3 is 14.5 Å². The standard InChI is InChI=1S/C26H32N4O3/c1-4-17-33-22-7-5-20(6-8-22)23-24(29(3)21-11-15-28(2)16-12-21)26(32)30(25(23)31)18-19-9-13-27-14-10-19/h5-10,13-14,21H,4,11-12,15-18H2,1-3H3. The number of pyridine rings is 1. The summed E-state index contributed by atoms with van der Waals surface area (Å²) in [5.74, 6) is 0.269. The normalized spacial score (nSPS) is 17.7. The fraction of sp³-hybridized carbons (Fsp3) is 0.423. The molecule has 1 aromatic carbocycles. The van der Waals surface area contributed by atoms with E-state index >= 15 is 0 Å². The maximum atomic E-state index is 13.6. The number of imide groups is 1. The molecular weight excluding hydrogens is 416 g/mol. The molecule has 0 unspecified atom stereocenters. The van der Waals surface area contributed by atoms with Crippen molar-refractivity contribution in [1.82, 2.24) is 19.7 Å². The molecule has 2 aromatic rings. The number of nitrogens with zero attached hydrogens (tertiary/aromatic N) is 4. The van der Waals surface area contributed by atoms with E-state index < -0.39 is 0 Å². The fourth-order valence-corrected chi connectivity index (χ4v) is 4.47. The molecule has 0 radical (unpaired) electrons. The van der Waals surface area contributed by atoms with Crippen LogP contribution in [0.15, 0.2) is 54.5 Å². The number of benzene rings is 1. The van der Waals surface area contributed by atoms with E-state index in [1.807, 2.05) is 48.3 Å². The van der Waals surface area contributed by atoms with Gasteiger partial charge in [0.25, 0.3) is 11.8 Å². The summed E-state index contributed by atoms with van der Waals surface area (Å²) in [6.07, 6.45) is 6.19. The lowest BCUT2D eigenvalue weighted by Crippen LogP contribution is -2.43. The van der Waals surface area contributed by atoms with Gasteiger partial charge in [-0.05, 0) is 74.8 Å². The van der Waals surface area contributed by atoms with E-state index in [4.69, 9.17) is 4.74 Å². The minimum Gasteiger partial charge on any atom is -0.494 e. The van der Waals surface area contributed by atoms with Crippen molar-refractivity contribution < 1.29 is 14.3 Å². The quantitative estimate of drug-likeness (QED) is 0.578. The summed E-state index contributed by atoms with van der Waals surface area (Å²) >= 11 is 0. The molecule has 0 N–H and O–H groups in total. The highest BCUT2D eigenvalue weighted by molar-refractivity contribution is 6.35. The number of amides is 2. The average molecular weight is 449 g/mol. The van der Waals surface area contributed by atoms with Crippen LogP contribution in [-0.2, 0) is 16.1 Å². The molecule has 7 nitrogen and oxygen atoms in total. The van der Waals surface area contributed by atoms with Crippen LogP contribution in [0.1, 0.15) is 37.3 Å². The second kappa shape index (κ2) is 10.2. The lowest BCUT2D eigenvalue weighted by molar-refractivity contribution is -0.138. The summed E-state index contributed by atoms with van der Waals surface area (Å²) in [5.41, 5.74) is 2.57. The molecule has 1 fully saturated rings. The van der Waals surface area contributed by atoms with E-state index in [0.717, 1.165) is 49.2 Å². The first-order valence-corrected chi connectivity index (χ1v) is 11.6. The third-order valence-corrected chi connectivity index (χ3v) is 6.44. The summed E-state index contributed by atoms with van der Waals surface area (Å²) in [7, 11) is 4.06. The highest BCUT2D eigenvalue weighted by Gasteiger charge is 2.42. The zero-order chi connectivity index (χ0) is 23.4. The van der Waals surface area contributed by atoms with Gasteiger partial charge in [-0.1, -0.05) is 19.1 Å². The van der Waals surface area contributed by atoms with Crippen molar-refractivity contribution in [1.29, 1.82) is 0 Å². The van der Waals surface area contributed by atoms with Crippen LogP contribution in [-0.4, -0.2) is 71.3 Å². The van der Waals surface area contributed by atoms with Gasteiger partial charge in [-0.3, -0.25) is 19.5 Å². The topological polar surface area (TPSA) is 66.0 Å². The van der Waals surface area contributed by atoms with Gasteiger partial charge in [0.05, 0.1) is 18.7 Å². The molecular formula is C26H32N4O3. The Morgan fingerprint density at radius 3 is 2.33 bits per heavy atom. The Kier molecular flexibility index (Phi) is 7.08. The van der Waals surface area contributed by atoms with Gasteiger partial charge in [0.15, 0.2) is 0 Å². The van der Waals surface area contributed by atoms with Crippen LogP contribution in [0.2, 0.25) is 0 Å². The maximum absolute atomic E-state index is 13.6. The van der Waals surface area contributed by atoms with Crippen molar-refractivity contribution in [2.45, 2.75) is 38.8 Å². The predicted molar refractivity (Wildman–Crippen MR) is 127 cm³/mol. The maximum Gasteiger partial charge on any atom is 0.278 e. The number of carbonyl (C=O) groups excluding carboxylic acids is 2. The van der Waals surface area contributed by atoms with Crippen LogP contribution in [0.25, 0.3) is 5.57 Å². The molecule has 4 rings (SSSR count). The van der Waals surface area contributed by atoms with E-state index in [-0.39, 0.29) is 24.4 Å². The third kappa shape index (κ3) is 4.93. The zero-order valence-electron chi connectivity index (χ0n) is 19.7. The zero-order valence-corrected chi connectivity index (χ0v) is 19.7. The number of rotatable bonds is 8. The number of carbonyl (C=O) groups is 2. The minimum absolute atomic E-state index is 0.219. The smallest absolute Gasteiger partial charge is 0.278 e. The van der Waals surface area contributed by atoms with Gasteiger partial charge in [-0.15, -0.1) is 0 Å². The van der Waals surface area contributed by atoms with Crippen LogP contribution in [0, 0.1) is 0 Å². The largest absolute Gasteiger partial charge is 0.494 e. The van der Waals surface area contributed by atoms with E-state index in [2.05, 4.69) is 23.9 Å². The molecule has 7 heteroatoms. The first kappa shape index (κ1) is 23.0. The number of piperidine rings is 1. The summed E-state index contributed by atoms with van der Waals surface area (Å²) in [6.45, 7) is 4.88. The van der Waals surface area contributed by atoms with Crippen molar-refractivity contribution >= 4 is 17.4 Å². The molecule has 0 atom stereocenters. The fourth-order valence-electron chi connectivity index (χ4n) is 4.47. The first-order valence-electron chi connectivity index (χ1n) is 11.6. The molecule has 0 saturated carbocycles. The number of likely N-dealkylation sites (N-methyl/N-ethyl adjacent to an activating group) is 1. The summed E-state index contributed by atoms with van der Waals surface area (Å²) in [5, 5.41) is 0. The van der Waals surface area contributed by atoms with Crippen LogP contribution >= 0.6 is 0 Å². The lowest BCUT2D eigenvalue weighted by atomic mass is 10.00. The van der Waals surface area contributed by atoms with Crippen LogP contribution in [0.3, 0.4) is 0 Å². The second-order valence-corrected chi connectivity index (χ2v) is 8.79. The first-order chi connectivity index (χ1) is 16.0. The molecule has 2 aliphatic heterocycles. The molecule has 174 valence electrons. The average Bonchev–Trinajstić information content (AvgIpc) is 3.08. The highest BCUT2D eigenvalue weighted by atomic mass is 16.5. The van der Waals surface area contributed by atoms with Gasteiger partial charge in [-0.2, -0.15) is 0 Å². The lowest BCUT2D eigenvalue weighted by Gasteiger charge is -2.36. The van der Waals surface area contributed by atoms with E-state index in [9.17, 15) is 9.59 Å². The second-order valence-electron chi connectivity index (χ2n) is 8.79. The molecule has 3 heterocycles. The molecule has 0 aliphatic carbocycles. The van der Waals surface area contributed by atoms with Gasteiger partial charge in [-0.25, -0.2) is 0 Å². The monoisotopic (exact) mass is 448 g/mol. The van der Waals surface area contributed by atoms with Crippen LogP contribution < -0.4 is 4.74 Å². The SMILES string of the molecule is CCCOc1ccc(C2=C(N(C)C3CCN(C)CC3)C(=O)N(Cc3ccncc3)C2=O)cc1. The van der Waals surface area contributed by atoms with Crippen molar-refractivity contribution in [3.63, 3.8) is 0 Å². The Labute approximate surface area is 195 Å². The van der Waals surface area contributed by atoms with Crippen LogP contribution in [0.4, 0.5) is 0 Å². The molecule has 2 aliphatic rings. The van der Waals surface area contributed by atoms with E-state index in [1.54, 1.807) is 12.4 Å². The van der Waals surface area contributed by atoms with Gasteiger partial charge in [0.1, 0.15) is 11.4 Å². The number of hydrogen-bond acceptors (Lipinski definition) is 6. The number of aromatic nitrogens is 1. The molecule has 1 aromatic heterocycles. The number of hydrogen-bond donors (Lipinski definition) is 0. The molecule has 33 heavy (non-hydrogen) atoms. The molecule has 1 saturated heterocycles. The Bertz CT molecular complexity index is 1010. The Hall–Kier alpha value is -3.19. The van der Waals surface area contributed by atoms with Gasteiger partial charge in [0.2, 0.25) is 0 Å². The summed E-state index contributed by atoms with van der Waals surface area (Å²) in [6, 6.07) is 11.4. The molecule has 2 amide bonds. The van der Waals surface area contributed by atoms with Gasteiger partial charge >= 0.3 is 0 Å².